The van der Waals surface area contributed by atoms with E-state index in [9.17, 15) is 14.4 Å². The lowest BCUT2D eigenvalue weighted by molar-refractivity contribution is -0.202. The molecule has 11 nitrogen and oxygen atoms in total. The summed E-state index contributed by atoms with van der Waals surface area (Å²) in [6.45, 7) is 5.19. The summed E-state index contributed by atoms with van der Waals surface area (Å²) in [6, 6.07) is 16.2. The van der Waals surface area contributed by atoms with Gasteiger partial charge >= 0.3 is 12.1 Å². The number of hydrogen-bond donors (Lipinski definition) is 0. The summed E-state index contributed by atoms with van der Waals surface area (Å²) in [7, 11) is 4.45. The summed E-state index contributed by atoms with van der Waals surface area (Å²) >= 11 is 0. The van der Waals surface area contributed by atoms with E-state index in [1.54, 1.807) is 34.9 Å². The lowest BCUT2D eigenvalue weighted by Gasteiger charge is -2.38. The van der Waals surface area contributed by atoms with Gasteiger partial charge < -0.3 is 23.7 Å². The highest BCUT2D eigenvalue weighted by Crippen LogP contribution is 2.46. The molecule has 0 radical (unpaired) electrons. The lowest BCUT2D eigenvalue weighted by atomic mass is 9.86. The Balaban J connectivity index is 1.61. The summed E-state index contributed by atoms with van der Waals surface area (Å²) in [6.07, 6.45) is -2.07. The van der Waals surface area contributed by atoms with Crippen molar-refractivity contribution < 1.29 is 42.9 Å². The predicted molar refractivity (Wildman–Crippen MR) is 146 cm³/mol. The van der Waals surface area contributed by atoms with Crippen LogP contribution in [0.2, 0.25) is 0 Å². The van der Waals surface area contributed by atoms with Crippen LogP contribution in [0.4, 0.5) is 4.79 Å². The standard InChI is InChI=1S/C30H38N2O9/c1-29(2,3)40-28(35)32-26(33)24-23(18-38-16-21-12-14-22(36-5)15-13-21)31(4)41-25(24)30(32,27(34)37-6)19-39-17-20-10-8-7-9-11-20/h7-15,23-25H,16-19H2,1-6H3/t23-,24-,25+,30-/m1/s1. The number of amides is 2. The van der Waals surface area contributed by atoms with E-state index in [1.165, 1.54) is 12.2 Å². The fourth-order valence-corrected chi connectivity index (χ4v) is 5.18. The molecule has 41 heavy (non-hydrogen) atoms. The minimum absolute atomic E-state index is 0.0969. The second-order valence-electron chi connectivity index (χ2n) is 11.1. The van der Waals surface area contributed by atoms with Crippen molar-refractivity contribution in [3.63, 3.8) is 0 Å². The third-order valence-electron chi connectivity index (χ3n) is 7.13. The third-order valence-corrected chi connectivity index (χ3v) is 7.13. The second kappa shape index (κ2) is 12.6. The number of carbonyl (C=O) groups excluding carboxylic acids is 3. The van der Waals surface area contributed by atoms with Gasteiger partial charge in [0.2, 0.25) is 11.4 Å². The number of hydroxylamine groups is 2. The van der Waals surface area contributed by atoms with Crippen molar-refractivity contribution in [3.8, 4) is 5.75 Å². The molecule has 0 aromatic heterocycles. The van der Waals surface area contributed by atoms with Crippen molar-refractivity contribution in [2.24, 2.45) is 5.92 Å². The highest BCUT2D eigenvalue weighted by atomic mass is 16.7. The maximum atomic E-state index is 14.0. The number of methoxy groups -OCH3 is 2. The third kappa shape index (κ3) is 6.38. The average molecular weight is 571 g/mol. The minimum Gasteiger partial charge on any atom is -0.497 e. The molecule has 0 N–H and O–H groups in total. The van der Waals surface area contributed by atoms with Crippen molar-refractivity contribution in [1.82, 2.24) is 9.96 Å². The molecule has 222 valence electrons. The molecule has 2 fully saturated rings. The van der Waals surface area contributed by atoms with Crippen LogP contribution in [0.15, 0.2) is 54.6 Å². The molecule has 4 atom stereocenters. The molecule has 2 amide bonds. The molecule has 0 saturated carbocycles. The first kappa shape index (κ1) is 30.4. The van der Waals surface area contributed by atoms with Gasteiger partial charge in [0.15, 0.2) is 0 Å². The molecule has 0 bridgehead atoms. The molecule has 2 saturated heterocycles. The fourth-order valence-electron chi connectivity index (χ4n) is 5.18. The highest BCUT2D eigenvalue weighted by molar-refractivity contribution is 6.04. The molecule has 2 heterocycles. The number of benzene rings is 2. The summed E-state index contributed by atoms with van der Waals surface area (Å²) in [5.41, 5.74) is -1.09. The SMILES string of the molecule is COC(=O)[C@@]1(COCc2ccccc2)[C@H]2ON(C)[C@H](COCc3ccc(OC)cc3)[C@H]2C(=O)N1C(=O)OC(C)(C)C. The summed E-state index contributed by atoms with van der Waals surface area (Å²) in [5, 5.41) is 1.50. The van der Waals surface area contributed by atoms with Crippen molar-refractivity contribution in [1.29, 1.82) is 0 Å². The number of carbonyl (C=O) groups is 3. The molecule has 11 heteroatoms. The van der Waals surface area contributed by atoms with Crippen LogP contribution in [0.1, 0.15) is 31.9 Å². The Labute approximate surface area is 240 Å². The van der Waals surface area contributed by atoms with Crippen LogP contribution < -0.4 is 4.74 Å². The van der Waals surface area contributed by atoms with Gasteiger partial charge in [-0.15, -0.1) is 0 Å². The number of esters is 1. The van der Waals surface area contributed by atoms with E-state index >= 15 is 0 Å². The molecule has 2 aromatic rings. The van der Waals surface area contributed by atoms with Crippen molar-refractivity contribution in [2.45, 2.75) is 57.3 Å². The summed E-state index contributed by atoms with van der Waals surface area (Å²) in [4.78, 5) is 48.1. The van der Waals surface area contributed by atoms with Crippen molar-refractivity contribution in [2.75, 3.05) is 34.5 Å². The van der Waals surface area contributed by atoms with E-state index in [0.717, 1.165) is 21.8 Å². The van der Waals surface area contributed by atoms with E-state index < -0.39 is 47.2 Å². The smallest absolute Gasteiger partial charge is 0.418 e. The number of likely N-dealkylation sites (N-methyl/N-ethyl adjacent to an activating group) is 1. The molecule has 2 aromatic carbocycles. The maximum Gasteiger partial charge on any atom is 0.418 e. The molecular weight excluding hydrogens is 532 g/mol. The number of fused-ring (bicyclic) bond motifs is 1. The van der Waals surface area contributed by atoms with Crippen LogP contribution in [0.5, 0.6) is 5.75 Å². The minimum atomic E-state index is -1.92. The molecular formula is C30H38N2O9. The highest BCUT2D eigenvalue weighted by Gasteiger charge is 2.72. The number of imide groups is 1. The van der Waals surface area contributed by atoms with Crippen LogP contribution in [-0.4, -0.2) is 85.7 Å². The monoisotopic (exact) mass is 570 g/mol. The lowest BCUT2D eigenvalue weighted by Crippen LogP contribution is -2.64. The van der Waals surface area contributed by atoms with Gasteiger partial charge in [0.05, 0.1) is 52.6 Å². The van der Waals surface area contributed by atoms with Gasteiger partial charge in [0, 0.05) is 7.05 Å². The van der Waals surface area contributed by atoms with Gasteiger partial charge in [-0.05, 0) is 44.0 Å². The Bertz CT molecular complexity index is 1210. The Kier molecular flexibility index (Phi) is 9.33. The van der Waals surface area contributed by atoms with Crippen LogP contribution in [0.3, 0.4) is 0 Å². The zero-order valence-electron chi connectivity index (χ0n) is 24.3. The van der Waals surface area contributed by atoms with Gasteiger partial charge in [-0.3, -0.25) is 9.63 Å². The zero-order valence-corrected chi connectivity index (χ0v) is 24.3. The first-order valence-electron chi connectivity index (χ1n) is 13.4. The second-order valence-corrected chi connectivity index (χ2v) is 11.1. The van der Waals surface area contributed by atoms with Crippen LogP contribution in [0.25, 0.3) is 0 Å². The quantitative estimate of drug-likeness (QED) is 0.394. The van der Waals surface area contributed by atoms with E-state index in [0.29, 0.717) is 0 Å². The molecule has 0 unspecified atom stereocenters. The van der Waals surface area contributed by atoms with Gasteiger partial charge in [0.1, 0.15) is 17.5 Å². The van der Waals surface area contributed by atoms with E-state index in [1.807, 2.05) is 54.6 Å². The predicted octanol–water partition coefficient (Wildman–Crippen LogP) is 3.35. The van der Waals surface area contributed by atoms with Crippen molar-refractivity contribution in [3.05, 3.63) is 65.7 Å². The van der Waals surface area contributed by atoms with Crippen LogP contribution in [0, 0.1) is 5.92 Å². The summed E-state index contributed by atoms with van der Waals surface area (Å²) < 4.78 is 27.9. The normalized spacial score (nSPS) is 24.3. The van der Waals surface area contributed by atoms with Gasteiger partial charge in [-0.25, -0.2) is 14.5 Å². The Morgan fingerprint density at radius 1 is 0.951 bits per heavy atom. The Morgan fingerprint density at radius 2 is 1.59 bits per heavy atom. The first-order valence-corrected chi connectivity index (χ1v) is 13.4. The maximum absolute atomic E-state index is 14.0. The van der Waals surface area contributed by atoms with E-state index in [2.05, 4.69) is 0 Å². The molecule has 4 rings (SSSR count). The van der Waals surface area contributed by atoms with Gasteiger partial charge in [-0.2, -0.15) is 5.06 Å². The molecule has 0 spiro atoms. The van der Waals surface area contributed by atoms with Crippen LogP contribution in [-0.2, 0) is 46.6 Å². The fraction of sp³-hybridized carbons (Fsp3) is 0.500. The zero-order chi connectivity index (χ0) is 29.8. The summed E-state index contributed by atoms with van der Waals surface area (Å²) in [5.74, 6) is -1.67. The number of ether oxygens (including phenoxy) is 5. The van der Waals surface area contributed by atoms with E-state index in [4.69, 9.17) is 28.5 Å². The van der Waals surface area contributed by atoms with Crippen LogP contribution >= 0.6 is 0 Å². The Morgan fingerprint density at radius 3 is 2.20 bits per heavy atom. The van der Waals surface area contributed by atoms with Crippen molar-refractivity contribution >= 4 is 18.0 Å². The van der Waals surface area contributed by atoms with Gasteiger partial charge in [0.25, 0.3) is 0 Å². The molecule has 2 aliphatic heterocycles. The van der Waals surface area contributed by atoms with Gasteiger partial charge in [-0.1, -0.05) is 42.5 Å². The number of likely N-dealkylation sites (tertiary alicyclic amines) is 1. The number of nitrogens with zero attached hydrogens (tertiary/aromatic N) is 2. The largest absolute Gasteiger partial charge is 0.497 e. The molecule has 0 aliphatic carbocycles. The Hall–Kier alpha value is -3.51. The number of hydrogen-bond acceptors (Lipinski definition) is 10. The first-order chi connectivity index (χ1) is 19.5. The average Bonchev–Trinajstić information content (AvgIpc) is 3.39. The molecule has 2 aliphatic rings. The topological polar surface area (TPSA) is 113 Å². The number of rotatable bonds is 10. The van der Waals surface area contributed by atoms with E-state index in [-0.39, 0.29) is 26.4 Å².